The zero-order valence-electron chi connectivity index (χ0n) is 18.4. The van der Waals surface area contributed by atoms with Crippen LogP contribution in [-0.2, 0) is 4.79 Å². The van der Waals surface area contributed by atoms with Crippen molar-refractivity contribution in [1.82, 2.24) is 14.7 Å². The van der Waals surface area contributed by atoms with E-state index in [0.29, 0.717) is 12.6 Å². The minimum atomic E-state index is 0.203. The number of amides is 1. The molecule has 31 heavy (non-hydrogen) atoms. The van der Waals surface area contributed by atoms with E-state index in [1.807, 2.05) is 4.90 Å². The zero-order valence-corrected chi connectivity index (χ0v) is 18.4. The number of aliphatic hydroxyl groups is 1. The quantitative estimate of drug-likeness (QED) is 0.746. The Morgan fingerprint density at radius 3 is 2.06 bits per heavy atom. The van der Waals surface area contributed by atoms with Crippen LogP contribution in [0.4, 0.5) is 0 Å². The standard InChI is InChI=1S/C26H35N3O2/c30-20-14-24-13-7-8-15-29(24)21-25(31)27-16-18-28(19-17-27)26(22-9-3-1-4-10-22)23-11-5-2-6-12-23/h1-6,9-12,24,26,30H,7-8,13-21H2. The molecule has 1 atom stereocenters. The number of nitrogens with zero attached hydrogens (tertiary/aromatic N) is 3. The largest absolute Gasteiger partial charge is 0.396 e. The number of carbonyl (C=O) groups excluding carboxylic acids is 1. The van der Waals surface area contributed by atoms with Crippen LogP contribution in [0.3, 0.4) is 0 Å². The van der Waals surface area contributed by atoms with Gasteiger partial charge in [0.05, 0.1) is 12.6 Å². The predicted octanol–water partition coefficient (Wildman–Crippen LogP) is 3.16. The Kier molecular flexibility index (Phi) is 7.73. The van der Waals surface area contributed by atoms with E-state index in [4.69, 9.17) is 0 Å². The third kappa shape index (κ3) is 5.53. The van der Waals surface area contributed by atoms with Crippen LogP contribution in [0.2, 0.25) is 0 Å². The van der Waals surface area contributed by atoms with Crippen LogP contribution < -0.4 is 0 Å². The third-order valence-electron chi connectivity index (χ3n) is 6.81. The van der Waals surface area contributed by atoms with E-state index in [9.17, 15) is 9.90 Å². The van der Waals surface area contributed by atoms with Gasteiger partial charge >= 0.3 is 0 Å². The Balaban J connectivity index is 1.39. The molecule has 2 aromatic carbocycles. The maximum absolute atomic E-state index is 13.0. The van der Waals surface area contributed by atoms with E-state index in [-0.39, 0.29) is 18.6 Å². The lowest BCUT2D eigenvalue weighted by atomic mass is 9.96. The Bertz CT molecular complexity index is 764. The summed E-state index contributed by atoms with van der Waals surface area (Å²) in [4.78, 5) is 19.9. The highest BCUT2D eigenvalue weighted by Gasteiger charge is 2.30. The number of hydrogen-bond acceptors (Lipinski definition) is 4. The van der Waals surface area contributed by atoms with E-state index in [1.54, 1.807) is 0 Å². The second-order valence-corrected chi connectivity index (χ2v) is 8.77. The molecule has 2 aromatic rings. The highest BCUT2D eigenvalue weighted by molar-refractivity contribution is 5.78. The van der Waals surface area contributed by atoms with Gasteiger partial charge < -0.3 is 10.0 Å². The first kappa shape index (κ1) is 22.0. The molecule has 166 valence electrons. The van der Waals surface area contributed by atoms with E-state index >= 15 is 0 Å². The van der Waals surface area contributed by atoms with Gasteiger partial charge in [0.2, 0.25) is 5.91 Å². The normalized spacial score (nSPS) is 20.8. The number of aliphatic hydroxyl groups excluding tert-OH is 1. The summed E-state index contributed by atoms with van der Waals surface area (Å²) < 4.78 is 0. The molecule has 5 heteroatoms. The topological polar surface area (TPSA) is 47.0 Å². The SMILES string of the molecule is O=C(CN1CCCCC1CCO)N1CCN(C(c2ccccc2)c2ccccc2)CC1. The molecule has 2 aliphatic rings. The lowest BCUT2D eigenvalue weighted by molar-refractivity contribution is -0.135. The summed E-state index contributed by atoms with van der Waals surface area (Å²) in [6.07, 6.45) is 4.22. The van der Waals surface area contributed by atoms with E-state index < -0.39 is 0 Å². The molecule has 4 rings (SSSR count). The van der Waals surface area contributed by atoms with Crippen LogP contribution >= 0.6 is 0 Å². The van der Waals surface area contributed by atoms with Gasteiger partial charge in [-0.3, -0.25) is 14.6 Å². The van der Waals surface area contributed by atoms with Crippen LogP contribution in [0.15, 0.2) is 60.7 Å². The molecule has 1 amide bonds. The molecule has 0 spiro atoms. The number of carbonyl (C=O) groups is 1. The molecular formula is C26H35N3O2. The van der Waals surface area contributed by atoms with Crippen molar-refractivity contribution in [2.24, 2.45) is 0 Å². The van der Waals surface area contributed by atoms with Gasteiger partial charge in [0.1, 0.15) is 0 Å². The second kappa shape index (κ2) is 10.9. The van der Waals surface area contributed by atoms with Crippen molar-refractivity contribution >= 4 is 5.91 Å². The fourth-order valence-corrected chi connectivity index (χ4v) is 5.13. The van der Waals surface area contributed by atoms with Crippen LogP contribution in [-0.4, -0.2) is 77.6 Å². The third-order valence-corrected chi connectivity index (χ3v) is 6.81. The van der Waals surface area contributed by atoms with Crippen molar-refractivity contribution in [3.05, 3.63) is 71.8 Å². The average molecular weight is 422 g/mol. The number of benzene rings is 2. The van der Waals surface area contributed by atoms with Crippen molar-refractivity contribution in [2.75, 3.05) is 45.9 Å². The molecule has 2 fully saturated rings. The number of hydrogen-bond donors (Lipinski definition) is 1. The van der Waals surface area contributed by atoms with E-state index in [1.165, 1.54) is 17.5 Å². The lowest BCUT2D eigenvalue weighted by Gasteiger charge is -2.41. The second-order valence-electron chi connectivity index (χ2n) is 8.77. The van der Waals surface area contributed by atoms with Crippen LogP contribution in [0, 0.1) is 0 Å². The zero-order chi connectivity index (χ0) is 21.5. The highest BCUT2D eigenvalue weighted by Crippen LogP contribution is 2.29. The molecule has 2 aliphatic heterocycles. The van der Waals surface area contributed by atoms with Gasteiger partial charge in [-0.2, -0.15) is 0 Å². The summed E-state index contributed by atoms with van der Waals surface area (Å²) in [7, 11) is 0. The Morgan fingerprint density at radius 1 is 0.871 bits per heavy atom. The summed E-state index contributed by atoms with van der Waals surface area (Å²) in [6, 6.07) is 21.9. The monoisotopic (exact) mass is 421 g/mol. The van der Waals surface area contributed by atoms with Gasteiger partial charge in [-0.25, -0.2) is 0 Å². The minimum Gasteiger partial charge on any atom is -0.396 e. The van der Waals surface area contributed by atoms with Crippen molar-refractivity contribution in [3.63, 3.8) is 0 Å². The lowest BCUT2D eigenvalue weighted by Crippen LogP contribution is -2.53. The minimum absolute atomic E-state index is 0.203. The van der Waals surface area contributed by atoms with Crippen molar-refractivity contribution in [2.45, 2.75) is 37.8 Å². The fraction of sp³-hybridized carbons (Fsp3) is 0.500. The summed E-state index contributed by atoms with van der Waals surface area (Å²) in [5.41, 5.74) is 2.60. The summed E-state index contributed by atoms with van der Waals surface area (Å²) in [5, 5.41) is 9.36. The van der Waals surface area contributed by atoms with Crippen LogP contribution in [0.5, 0.6) is 0 Å². The molecule has 0 saturated carbocycles. The summed E-state index contributed by atoms with van der Waals surface area (Å²) in [5.74, 6) is 0.237. The molecule has 2 heterocycles. The fourth-order valence-electron chi connectivity index (χ4n) is 5.13. The maximum Gasteiger partial charge on any atom is 0.236 e. The molecule has 0 radical (unpaired) electrons. The van der Waals surface area contributed by atoms with Gasteiger partial charge in [0, 0.05) is 38.8 Å². The smallest absolute Gasteiger partial charge is 0.236 e. The van der Waals surface area contributed by atoms with Crippen molar-refractivity contribution in [1.29, 1.82) is 0 Å². The number of rotatable bonds is 7. The molecule has 5 nitrogen and oxygen atoms in total. The molecule has 1 N–H and O–H groups in total. The highest BCUT2D eigenvalue weighted by atomic mass is 16.3. The Morgan fingerprint density at radius 2 is 1.48 bits per heavy atom. The van der Waals surface area contributed by atoms with Gasteiger partial charge in [0.25, 0.3) is 0 Å². The number of piperazine rings is 1. The van der Waals surface area contributed by atoms with E-state index in [0.717, 1.165) is 52.0 Å². The van der Waals surface area contributed by atoms with Crippen molar-refractivity contribution < 1.29 is 9.90 Å². The van der Waals surface area contributed by atoms with E-state index in [2.05, 4.69) is 70.5 Å². The molecule has 1 unspecified atom stereocenters. The van der Waals surface area contributed by atoms with Gasteiger partial charge in [0.15, 0.2) is 0 Å². The first-order valence-corrected chi connectivity index (χ1v) is 11.7. The Labute approximate surface area is 186 Å². The predicted molar refractivity (Wildman–Crippen MR) is 124 cm³/mol. The molecule has 0 bridgehead atoms. The maximum atomic E-state index is 13.0. The summed E-state index contributed by atoms with van der Waals surface area (Å²) >= 11 is 0. The van der Waals surface area contributed by atoms with Crippen LogP contribution in [0.25, 0.3) is 0 Å². The Hall–Kier alpha value is -2.21. The number of likely N-dealkylation sites (tertiary alicyclic amines) is 1. The summed E-state index contributed by atoms with van der Waals surface area (Å²) in [6.45, 7) is 4.96. The van der Waals surface area contributed by atoms with Gasteiger partial charge in [-0.15, -0.1) is 0 Å². The first-order valence-electron chi connectivity index (χ1n) is 11.7. The average Bonchev–Trinajstić information content (AvgIpc) is 2.82. The first-order chi connectivity index (χ1) is 15.3. The van der Waals surface area contributed by atoms with Crippen LogP contribution in [0.1, 0.15) is 42.9 Å². The van der Waals surface area contributed by atoms with Gasteiger partial charge in [-0.1, -0.05) is 67.1 Å². The molecule has 0 aliphatic carbocycles. The number of piperidine rings is 1. The van der Waals surface area contributed by atoms with Crippen molar-refractivity contribution in [3.8, 4) is 0 Å². The van der Waals surface area contributed by atoms with Gasteiger partial charge in [-0.05, 0) is 36.9 Å². The molecule has 2 saturated heterocycles. The molecule has 0 aromatic heterocycles. The molecular weight excluding hydrogens is 386 g/mol.